The lowest BCUT2D eigenvalue weighted by Gasteiger charge is -2.40. The van der Waals surface area contributed by atoms with E-state index in [0.717, 1.165) is 4.90 Å². The monoisotopic (exact) mass is 628 g/mol. The highest BCUT2D eigenvalue weighted by Gasteiger charge is 2.51. The summed E-state index contributed by atoms with van der Waals surface area (Å²) in [5.41, 5.74) is -0.253. The van der Waals surface area contributed by atoms with Gasteiger partial charge in [0.15, 0.2) is 11.5 Å². The molecule has 0 spiro atoms. The van der Waals surface area contributed by atoms with E-state index in [4.69, 9.17) is 13.9 Å². The normalized spacial score (nSPS) is 19.8. The summed E-state index contributed by atoms with van der Waals surface area (Å²) >= 11 is 0. The number of hydrogen-bond donors (Lipinski definition) is 3. The van der Waals surface area contributed by atoms with Gasteiger partial charge < -0.3 is 34.3 Å². The average molecular weight is 629 g/mol. The first-order chi connectivity index (χ1) is 22.2. The number of amides is 2. The van der Waals surface area contributed by atoms with Crippen LogP contribution in [0.1, 0.15) is 37.8 Å². The van der Waals surface area contributed by atoms with Gasteiger partial charge in [0.05, 0.1) is 25.7 Å². The maximum atomic E-state index is 15.0. The van der Waals surface area contributed by atoms with Gasteiger partial charge in [0.1, 0.15) is 35.5 Å². The van der Waals surface area contributed by atoms with Crippen LogP contribution in [-0.4, -0.2) is 71.7 Å². The predicted molar refractivity (Wildman–Crippen MR) is 162 cm³/mol. The molecule has 6 rings (SSSR count). The number of fused-ring (bicyclic) bond motifs is 4. The average Bonchev–Trinajstić information content (AvgIpc) is 3.46. The highest BCUT2D eigenvalue weighted by molar-refractivity contribution is 5.99. The van der Waals surface area contributed by atoms with Gasteiger partial charge in [0.25, 0.3) is 5.91 Å². The number of hydrogen-bond acceptors (Lipinski definition) is 9. The van der Waals surface area contributed by atoms with E-state index < -0.39 is 54.0 Å². The number of aldehydes is 1. The third-order valence-electron chi connectivity index (χ3n) is 8.20. The van der Waals surface area contributed by atoms with E-state index in [0.29, 0.717) is 17.2 Å². The number of aliphatic hydroxyl groups is 2. The highest BCUT2D eigenvalue weighted by atomic mass is 19.1. The van der Waals surface area contributed by atoms with Crippen molar-refractivity contribution >= 4 is 29.1 Å². The second-order valence-electron chi connectivity index (χ2n) is 10.9. The van der Waals surface area contributed by atoms with Gasteiger partial charge in [0.2, 0.25) is 5.91 Å². The van der Waals surface area contributed by atoms with Crippen molar-refractivity contribution < 1.29 is 42.9 Å². The van der Waals surface area contributed by atoms with Crippen LogP contribution in [0.5, 0.6) is 11.5 Å². The number of nitrogens with zero attached hydrogens (tertiary/aromatic N) is 1. The summed E-state index contributed by atoms with van der Waals surface area (Å²) in [5.74, 6) is -2.66. The first-order valence-corrected chi connectivity index (χ1v) is 14.5. The van der Waals surface area contributed by atoms with Crippen molar-refractivity contribution in [3.8, 4) is 11.5 Å². The molecule has 4 atom stereocenters. The van der Waals surface area contributed by atoms with E-state index in [-0.39, 0.29) is 52.5 Å². The summed E-state index contributed by atoms with van der Waals surface area (Å²) in [6.07, 6.45) is -0.700. The van der Waals surface area contributed by atoms with Gasteiger partial charge in [0, 0.05) is 40.7 Å². The zero-order chi connectivity index (χ0) is 32.5. The minimum atomic E-state index is -1.51. The molecule has 0 bridgehead atoms. The van der Waals surface area contributed by atoms with Gasteiger partial charge in [-0.05, 0) is 36.4 Å². The quantitative estimate of drug-likeness (QED) is 0.187. The number of aliphatic hydroxyl groups excluding tert-OH is 2. The number of rotatable bonds is 9. The van der Waals surface area contributed by atoms with Gasteiger partial charge in [-0.3, -0.25) is 14.4 Å². The van der Waals surface area contributed by atoms with Crippen molar-refractivity contribution in [2.24, 2.45) is 0 Å². The Kier molecular flexibility index (Phi) is 8.39. The molecule has 46 heavy (non-hydrogen) atoms. The minimum Gasteiger partial charge on any atom is -0.493 e. The first-order valence-electron chi connectivity index (χ1n) is 14.5. The molecule has 236 valence electrons. The molecule has 3 aromatic carbocycles. The zero-order valence-electron chi connectivity index (χ0n) is 24.5. The summed E-state index contributed by atoms with van der Waals surface area (Å²) in [6.45, 7) is -0.850. The topological polar surface area (TPSA) is 156 Å². The van der Waals surface area contributed by atoms with Crippen molar-refractivity contribution in [3.05, 3.63) is 117 Å². The SMILES string of the molecule is COc1cc(C=O)cc2c1O[C@@H]1[C@@H](O)[C@H](N(Cc3ccccc3F)C(=O)c3cc4ccccc4oc3=O)C=C(C(=O)NCCO)[C@H]21. The fourth-order valence-electron chi connectivity index (χ4n) is 6.05. The Morgan fingerprint density at radius 3 is 2.61 bits per heavy atom. The van der Waals surface area contributed by atoms with E-state index in [1.165, 1.54) is 49.6 Å². The molecule has 4 aromatic rings. The molecule has 0 unspecified atom stereocenters. The smallest absolute Gasteiger partial charge is 0.349 e. The molecule has 3 N–H and O–H groups in total. The molecule has 2 aliphatic rings. The molecule has 2 heterocycles. The lowest BCUT2D eigenvalue weighted by Crippen LogP contribution is -2.56. The van der Waals surface area contributed by atoms with Gasteiger partial charge in [-0.1, -0.05) is 36.4 Å². The Hall–Kier alpha value is -5.33. The molecular formula is C34H29FN2O9. The predicted octanol–water partition coefficient (Wildman–Crippen LogP) is 2.72. The highest BCUT2D eigenvalue weighted by Crippen LogP contribution is 2.51. The van der Waals surface area contributed by atoms with Crippen molar-refractivity contribution in [3.63, 3.8) is 0 Å². The standard InChI is InChI=1S/C34H29FN2O9/c1-44-27-13-18(17-39)12-21-28-22(32(41)36-10-11-38)15-25(29(40)31(28)46-30(21)27)37(16-20-7-2-4-8-24(20)35)33(42)23-14-19-6-3-5-9-26(19)45-34(23)43/h2-9,12-15,17,25,28-29,31,38,40H,10-11,16H2,1H3,(H,36,41)/t25-,28+,29+,31+/m1/s1. The maximum absolute atomic E-state index is 15.0. The summed E-state index contributed by atoms with van der Waals surface area (Å²) in [7, 11) is 1.38. The minimum absolute atomic E-state index is 0.0643. The van der Waals surface area contributed by atoms with Crippen molar-refractivity contribution in [1.82, 2.24) is 10.2 Å². The Bertz CT molecular complexity index is 1940. The first kappa shape index (κ1) is 30.7. The van der Waals surface area contributed by atoms with Gasteiger partial charge in [-0.25, -0.2) is 9.18 Å². The van der Waals surface area contributed by atoms with Crippen LogP contribution in [0.2, 0.25) is 0 Å². The molecule has 11 nitrogen and oxygen atoms in total. The number of nitrogens with one attached hydrogen (secondary N) is 1. The number of methoxy groups -OCH3 is 1. The maximum Gasteiger partial charge on any atom is 0.349 e. The molecule has 0 radical (unpaired) electrons. The summed E-state index contributed by atoms with van der Waals surface area (Å²) in [5, 5.41) is 24.3. The van der Waals surface area contributed by atoms with E-state index in [9.17, 15) is 29.4 Å². The molecule has 0 saturated carbocycles. The van der Waals surface area contributed by atoms with Crippen molar-refractivity contribution in [2.75, 3.05) is 20.3 Å². The van der Waals surface area contributed by atoms with E-state index >= 15 is 4.39 Å². The largest absolute Gasteiger partial charge is 0.493 e. The third kappa shape index (κ3) is 5.41. The van der Waals surface area contributed by atoms with Crippen LogP contribution in [-0.2, 0) is 11.3 Å². The number of carbonyl (C=O) groups is 3. The van der Waals surface area contributed by atoms with E-state index in [2.05, 4.69) is 5.32 Å². The Morgan fingerprint density at radius 2 is 1.87 bits per heavy atom. The summed E-state index contributed by atoms with van der Waals surface area (Å²) in [4.78, 5) is 53.8. The van der Waals surface area contributed by atoms with Crippen LogP contribution in [0.25, 0.3) is 11.0 Å². The molecular weight excluding hydrogens is 599 g/mol. The molecule has 1 aliphatic carbocycles. The third-order valence-corrected chi connectivity index (χ3v) is 8.20. The molecule has 12 heteroatoms. The second-order valence-corrected chi connectivity index (χ2v) is 10.9. The van der Waals surface area contributed by atoms with Crippen LogP contribution >= 0.6 is 0 Å². The van der Waals surface area contributed by atoms with Crippen LogP contribution in [0, 0.1) is 5.82 Å². The molecule has 0 saturated heterocycles. The van der Waals surface area contributed by atoms with E-state index in [1.807, 2.05) is 0 Å². The van der Waals surface area contributed by atoms with Crippen LogP contribution in [0.15, 0.2) is 87.6 Å². The van der Waals surface area contributed by atoms with Crippen LogP contribution < -0.4 is 20.4 Å². The lowest BCUT2D eigenvalue weighted by molar-refractivity contribution is -0.118. The number of para-hydroxylation sites is 1. The van der Waals surface area contributed by atoms with Crippen LogP contribution in [0.4, 0.5) is 4.39 Å². The zero-order valence-corrected chi connectivity index (χ0v) is 24.5. The second kappa shape index (κ2) is 12.6. The Morgan fingerprint density at radius 1 is 1.11 bits per heavy atom. The molecule has 1 aromatic heterocycles. The lowest BCUT2D eigenvalue weighted by atomic mass is 9.77. The Balaban J connectivity index is 1.51. The van der Waals surface area contributed by atoms with E-state index in [1.54, 1.807) is 30.3 Å². The number of carbonyl (C=O) groups excluding carboxylic acids is 3. The van der Waals surface area contributed by atoms with Crippen molar-refractivity contribution in [1.29, 1.82) is 0 Å². The van der Waals surface area contributed by atoms with Crippen molar-refractivity contribution in [2.45, 2.75) is 30.7 Å². The van der Waals surface area contributed by atoms with Crippen LogP contribution in [0.3, 0.4) is 0 Å². The fraction of sp³-hybridized carbons (Fsp3) is 0.235. The fourth-order valence-corrected chi connectivity index (χ4v) is 6.05. The van der Waals surface area contributed by atoms with Gasteiger partial charge in [-0.15, -0.1) is 0 Å². The molecule has 1 aliphatic heterocycles. The summed E-state index contributed by atoms with van der Waals surface area (Å²) in [6, 6.07) is 15.4. The molecule has 2 amide bonds. The number of benzene rings is 3. The van der Waals surface area contributed by atoms with Gasteiger partial charge in [-0.2, -0.15) is 0 Å². The number of halogens is 1. The summed E-state index contributed by atoms with van der Waals surface area (Å²) < 4.78 is 32.1. The molecule has 0 fully saturated rings. The Labute approximate surface area is 261 Å². The number of ether oxygens (including phenoxy) is 2. The van der Waals surface area contributed by atoms with Gasteiger partial charge >= 0.3 is 5.63 Å².